The normalized spacial score (nSPS) is 19.0. The van der Waals surface area contributed by atoms with Crippen molar-refractivity contribution < 1.29 is 17.9 Å². The van der Waals surface area contributed by atoms with Crippen molar-refractivity contribution in [1.29, 1.82) is 0 Å². The SMILES string of the molecule is O=c1c(Cl)c(NCCC2CCOC2)cnn1CC(F)(F)F. The van der Waals surface area contributed by atoms with Crippen molar-refractivity contribution in [2.24, 2.45) is 5.92 Å². The Bertz CT molecular complexity index is 542. The van der Waals surface area contributed by atoms with Gasteiger partial charge in [0.1, 0.15) is 11.6 Å². The second-order valence-electron chi connectivity index (χ2n) is 4.90. The van der Waals surface area contributed by atoms with Crippen molar-refractivity contribution in [3.63, 3.8) is 0 Å². The molecule has 1 atom stereocenters. The fourth-order valence-electron chi connectivity index (χ4n) is 2.09. The van der Waals surface area contributed by atoms with Crippen LogP contribution in [0.4, 0.5) is 18.9 Å². The van der Waals surface area contributed by atoms with Gasteiger partial charge < -0.3 is 10.1 Å². The number of halogens is 4. The summed E-state index contributed by atoms with van der Waals surface area (Å²) in [5, 5.41) is 6.13. The highest BCUT2D eigenvalue weighted by Crippen LogP contribution is 2.20. The molecule has 0 aromatic carbocycles. The average Bonchev–Trinajstić information content (AvgIpc) is 2.89. The van der Waals surface area contributed by atoms with Gasteiger partial charge in [-0.2, -0.15) is 18.3 Å². The molecule has 1 fully saturated rings. The summed E-state index contributed by atoms with van der Waals surface area (Å²) in [5.41, 5.74) is -0.706. The van der Waals surface area contributed by atoms with Gasteiger partial charge in [-0.15, -0.1) is 0 Å². The predicted molar refractivity (Wildman–Crippen MR) is 71.6 cm³/mol. The van der Waals surface area contributed by atoms with E-state index in [0.717, 1.165) is 25.6 Å². The Balaban J connectivity index is 1.97. The first-order valence-corrected chi connectivity index (χ1v) is 6.88. The Labute approximate surface area is 124 Å². The summed E-state index contributed by atoms with van der Waals surface area (Å²) in [6.45, 7) is 0.560. The van der Waals surface area contributed by atoms with Crippen LogP contribution in [0, 0.1) is 5.92 Å². The third-order valence-electron chi connectivity index (χ3n) is 3.21. The number of hydrogen-bond donors (Lipinski definition) is 1. The molecule has 0 radical (unpaired) electrons. The van der Waals surface area contributed by atoms with Gasteiger partial charge in [-0.05, 0) is 18.8 Å². The Morgan fingerprint density at radius 2 is 2.29 bits per heavy atom. The lowest BCUT2D eigenvalue weighted by Gasteiger charge is -2.12. The van der Waals surface area contributed by atoms with Crippen LogP contribution in [0.5, 0.6) is 0 Å². The van der Waals surface area contributed by atoms with E-state index < -0.39 is 18.3 Å². The maximum Gasteiger partial charge on any atom is 0.408 e. The van der Waals surface area contributed by atoms with Crippen LogP contribution in [-0.2, 0) is 11.3 Å². The maximum absolute atomic E-state index is 12.3. The molecule has 0 saturated carbocycles. The summed E-state index contributed by atoms with van der Waals surface area (Å²) in [6.07, 6.45) is -1.55. The van der Waals surface area contributed by atoms with Crippen LogP contribution in [0.15, 0.2) is 11.0 Å². The Morgan fingerprint density at radius 3 is 2.90 bits per heavy atom. The van der Waals surface area contributed by atoms with E-state index in [1.165, 1.54) is 0 Å². The summed E-state index contributed by atoms with van der Waals surface area (Å²) < 4.78 is 42.3. The number of hydrogen-bond acceptors (Lipinski definition) is 4. The molecule has 1 aromatic rings. The monoisotopic (exact) mass is 325 g/mol. The third kappa shape index (κ3) is 4.60. The highest BCUT2D eigenvalue weighted by Gasteiger charge is 2.29. The molecule has 1 saturated heterocycles. The molecule has 1 aromatic heterocycles. The van der Waals surface area contributed by atoms with Crippen molar-refractivity contribution in [3.8, 4) is 0 Å². The van der Waals surface area contributed by atoms with E-state index in [4.69, 9.17) is 16.3 Å². The van der Waals surface area contributed by atoms with Gasteiger partial charge in [0.15, 0.2) is 0 Å². The molecule has 9 heteroatoms. The van der Waals surface area contributed by atoms with E-state index in [0.29, 0.717) is 23.8 Å². The molecule has 1 aliphatic rings. The largest absolute Gasteiger partial charge is 0.408 e. The van der Waals surface area contributed by atoms with Crippen molar-refractivity contribution >= 4 is 17.3 Å². The summed E-state index contributed by atoms with van der Waals surface area (Å²) in [7, 11) is 0. The minimum atomic E-state index is -4.52. The molecule has 1 aliphatic heterocycles. The standard InChI is InChI=1S/C12H15ClF3N3O2/c13-10-9(17-3-1-8-2-4-21-6-8)5-18-19(11(10)20)7-12(14,15)16/h5,8,17H,1-4,6-7H2. The smallest absolute Gasteiger partial charge is 0.382 e. The van der Waals surface area contributed by atoms with Crippen LogP contribution in [0.1, 0.15) is 12.8 Å². The first-order valence-electron chi connectivity index (χ1n) is 6.51. The van der Waals surface area contributed by atoms with E-state index in [-0.39, 0.29) is 10.7 Å². The van der Waals surface area contributed by atoms with Gasteiger partial charge in [0.2, 0.25) is 0 Å². The average molecular weight is 326 g/mol. The van der Waals surface area contributed by atoms with Gasteiger partial charge in [-0.1, -0.05) is 11.6 Å². The molecule has 2 rings (SSSR count). The highest BCUT2D eigenvalue weighted by atomic mass is 35.5. The molecule has 1 N–H and O–H groups in total. The summed E-state index contributed by atoms with van der Waals surface area (Å²) in [4.78, 5) is 11.7. The Morgan fingerprint density at radius 1 is 1.52 bits per heavy atom. The van der Waals surface area contributed by atoms with Gasteiger partial charge in [0, 0.05) is 19.8 Å². The maximum atomic E-state index is 12.3. The third-order valence-corrected chi connectivity index (χ3v) is 3.57. The lowest BCUT2D eigenvalue weighted by Crippen LogP contribution is -2.31. The molecule has 0 spiro atoms. The van der Waals surface area contributed by atoms with Gasteiger partial charge in [-0.3, -0.25) is 4.79 Å². The number of nitrogens with one attached hydrogen (secondary N) is 1. The van der Waals surface area contributed by atoms with Crippen LogP contribution in [0.2, 0.25) is 5.02 Å². The van der Waals surface area contributed by atoms with E-state index >= 15 is 0 Å². The molecular weight excluding hydrogens is 311 g/mol. The van der Waals surface area contributed by atoms with E-state index in [9.17, 15) is 18.0 Å². The lowest BCUT2D eigenvalue weighted by atomic mass is 10.1. The molecule has 0 amide bonds. The molecule has 2 heterocycles. The molecular formula is C12H15ClF3N3O2. The van der Waals surface area contributed by atoms with Gasteiger partial charge in [0.25, 0.3) is 5.56 Å². The lowest BCUT2D eigenvalue weighted by molar-refractivity contribution is -0.143. The molecule has 0 bridgehead atoms. The minimum absolute atomic E-state index is 0.249. The van der Waals surface area contributed by atoms with Crippen molar-refractivity contribution in [3.05, 3.63) is 21.6 Å². The molecule has 5 nitrogen and oxygen atoms in total. The first-order chi connectivity index (χ1) is 9.87. The van der Waals surface area contributed by atoms with E-state index in [1.54, 1.807) is 0 Å². The van der Waals surface area contributed by atoms with Crippen LogP contribution in [-0.4, -0.2) is 35.7 Å². The second kappa shape index (κ2) is 6.65. The van der Waals surface area contributed by atoms with E-state index in [2.05, 4.69) is 10.4 Å². The number of alkyl halides is 3. The number of aromatic nitrogens is 2. The highest BCUT2D eigenvalue weighted by molar-refractivity contribution is 6.32. The zero-order valence-electron chi connectivity index (χ0n) is 11.1. The van der Waals surface area contributed by atoms with Crippen LogP contribution >= 0.6 is 11.6 Å². The fourth-order valence-corrected chi connectivity index (χ4v) is 2.31. The molecule has 21 heavy (non-hydrogen) atoms. The molecule has 118 valence electrons. The molecule has 1 unspecified atom stereocenters. The quantitative estimate of drug-likeness (QED) is 0.902. The summed E-state index contributed by atoms with van der Waals surface area (Å²) in [6, 6.07) is 0. The zero-order valence-corrected chi connectivity index (χ0v) is 11.9. The Hall–Kier alpha value is -1.28. The first kappa shape index (κ1) is 16.1. The van der Waals surface area contributed by atoms with E-state index in [1.807, 2.05) is 0 Å². The number of nitrogens with zero attached hydrogens (tertiary/aromatic N) is 2. The van der Waals surface area contributed by atoms with Gasteiger partial charge in [-0.25, -0.2) is 4.68 Å². The predicted octanol–water partition coefficient (Wildman–Crippen LogP) is 2.30. The number of anilines is 1. The summed E-state index contributed by atoms with van der Waals surface area (Å²) in [5.74, 6) is 0.454. The topological polar surface area (TPSA) is 56.1 Å². The minimum Gasteiger partial charge on any atom is -0.382 e. The van der Waals surface area contributed by atoms with Gasteiger partial charge in [0.05, 0.1) is 11.9 Å². The van der Waals surface area contributed by atoms with Crippen LogP contribution < -0.4 is 10.9 Å². The van der Waals surface area contributed by atoms with Crippen LogP contribution in [0.3, 0.4) is 0 Å². The van der Waals surface area contributed by atoms with Crippen molar-refractivity contribution in [1.82, 2.24) is 9.78 Å². The van der Waals surface area contributed by atoms with Crippen molar-refractivity contribution in [2.75, 3.05) is 25.1 Å². The zero-order chi connectivity index (χ0) is 15.5. The fraction of sp³-hybridized carbons (Fsp3) is 0.667. The summed E-state index contributed by atoms with van der Waals surface area (Å²) >= 11 is 5.79. The van der Waals surface area contributed by atoms with Gasteiger partial charge >= 0.3 is 6.18 Å². The van der Waals surface area contributed by atoms with Crippen LogP contribution in [0.25, 0.3) is 0 Å². The number of ether oxygens (including phenoxy) is 1. The second-order valence-corrected chi connectivity index (χ2v) is 5.27. The Kier molecular flexibility index (Phi) is 5.10. The number of rotatable bonds is 5. The molecule has 0 aliphatic carbocycles. The van der Waals surface area contributed by atoms with Crippen molar-refractivity contribution in [2.45, 2.75) is 25.6 Å².